The van der Waals surface area contributed by atoms with E-state index in [0.717, 1.165) is 0 Å². The molecule has 0 radical (unpaired) electrons. The van der Waals surface area contributed by atoms with E-state index in [-0.39, 0.29) is 5.69 Å². The van der Waals surface area contributed by atoms with Crippen molar-refractivity contribution in [2.24, 2.45) is 0 Å². The van der Waals surface area contributed by atoms with E-state index < -0.39 is 52.6 Å². The average molecular weight is 474 g/mol. The number of aromatic amines is 1. The van der Waals surface area contributed by atoms with Crippen LogP contribution in [0, 0.1) is 0 Å². The van der Waals surface area contributed by atoms with Crippen LogP contribution in [0.5, 0.6) is 5.75 Å². The molecule has 0 aliphatic carbocycles. The van der Waals surface area contributed by atoms with Gasteiger partial charge >= 0.3 is 11.9 Å². The Morgan fingerprint density at radius 3 is 2.29 bits per heavy atom. The van der Waals surface area contributed by atoms with Crippen LogP contribution in [0.3, 0.4) is 0 Å². The predicted molar refractivity (Wildman–Crippen MR) is 114 cm³/mol. The van der Waals surface area contributed by atoms with Crippen molar-refractivity contribution in [3.05, 3.63) is 86.6 Å². The Morgan fingerprint density at radius 2 is 1.71 bits per heavy atom. The van der Waals surface area contributed by atoms with Crippen LogP contribution < -0.4 is 26.6 Å². The van der Waals surface area contributed by atoms with Crippen molar-refractivity contribution in [2.45, 2.75) is 18.1 Å². The second-order valence-corrected chi connectivity index (χ2v) is 7.43. The molecule has 3 N–H and O–H groups in total. The van der Waals surface area contributed by atoms with Crippen LogP contribution in [0.15, 0.2) is 64.2 Å². The Labute approximate surface area is 189 Å². The van der Waals surface area contributed by atoms with E-state index in [2.05, 4.69) is 0 Å². The first kappa shape index (κ1) is 22.8. The molecule has 0 saturated heterocycles. The van der Waals surface area contributed by atoms with Gasteiger partial charge in [0.25, 0.3) is 11.5 Å². The van der Waals surface area contributed by atoms with Gasteiger partial charge in [-0.2, -0.15) is 13.2 Å². The van der Waals surface area contributed by atoms with Crippen molar-refractivity contribution in [1.82, 2.24) is 14.9 Å². The number of hydrogen-bond acceptors (Lipinski definition) is 5. The molecule has 1 aliphatic heterocycles. The molecule has 1 aromatic heterocycles. The molecular formula is C22H17F3N4O5. The summed E-state index contributed by atoms with van der Waals surface area (Å²) in [6, 6.07) is 13.5. The Hall–Kier alpha value is -4.35. The Morgan fingerprint density at radius 1 is 1.06 bits per heavy atom. The Kier molecular flexibility index (Phi) is 5.51. The van der Waals surface area contributed by atoms with E-state index in [1.165, 1.54) is 43.5 Å². The highest BCUT2D eigenvalue weighted by Gasteiger charge is 2.68. The Balaban J connectivity index is 1.88. The summed E-state index contributed by atoms with van der Waals surface area (Å²) in [6.07, 6.45) is -5.89. The zero-order valence-corrected chi connectivity index (χ0v) is 17.5. The van der Waals surface area contributed by atoms with Crippen molar-refractivity contribution in [2.75, 3.05) is 12.4 Å². The molecule has 34 heavy (non-hydrogen) atoms. The zero-order chi connectivity index (χ0) is 24.7. The fourth-order valence-corrected chi connectivity index (χ4v) is 3.79. The number of amides is 2. The van der Waals surface area contributed by atoms with E-state index in [1.807, 2.05) is 10.3 Å². The average Bonchev–Trinajstić information content (AvgIpc) is 3.07. The van der Waals surface area contributed by atoms with Crippen LogP contribution in [0.4, 0.5) is 19.0 Å². The highest BCUT2D eigenvalue weighted by molar-refractivity contribution is 6.08. The molecule has 2 aromatic carbocycles. The maximum absolute atomic E-state index is 14.4. The highest BCUT2D eigenvalue weighted by Crippen LogP contribution is 2.45. The van der Waals surface area contributed by atoms with Crippen LogP contribution in [0.1, 0.15) is 11.1 Å². The molecule has 1 aliphatic rings. The maximum atomic E-state index is 14.4. The van der Waals surface area contributed by atoms with E-state index in [0.29, 0.717) is 15.9 Å². The fourth-order valence-electron chi connectivity index (χ4n) is 3.79. The highest BCUT2D eigenvalue weighted by atomic mass is 19.4. The monoisotopic (exact) mass is 474 g/mol. The van der Waals surface area contributed by atoms with Gasteiger partial charge in [-0.3, -0.25) is 19.4 Å². The van der Waals surface area contributed by atoms with Gasteiger partial charge in [-0.05, 0) is 29.8 Å². The normalized spacial score (nSPS) is 17.1. The molecule has 2 amide bonds. The summed E-state index contributed by atoms with van der Waals surface area (Å²) >= 11 is 0. The van der Waals surface area contributed by atoms with Gasteiger partial charge in [0.1, 0.15) is 17.1 Å². The summed E-state index contributed by atoms with van der Waals surface area (Å²) in [5.41, 5.74) is -6.94. The van der Waals surface area contributed by atoms with Gasteiger partial charge in [0, 0.05) is 0 Å². The van der Waals surface area contributed by atoms with Crippen molar-refractivity contribution >= 4 is 17.6 Å². The second-order valence-electron chi connectivity index (χ2n) is 7.43. The lowest BCUT2D eigenvalue weighted by atomic mass is 9.91. The molecule has 0 fully saturated rings. The second kappa shape index (κ2) is 8.21. The number of anilines is 1. The lowest BCUT2D eigenvalue weighted by Crippen LogP contribution is -2.62. The number of benzene rings is 2. The number of halogens is 3. The standard InChI is InChI=1S/C22H17F3N4O5/c1-34-14-9-7-13(8-10-14)29-17-16(18(31)27-20(29)33)21(19(32)26-17,22(23,24)25)28-15(30)11-12-5-3-2-4-6-12/h2-10H,11H2,1H3,(H,26,32)(H,28,30)(H,27,31,33)/t21-/m1/s1. The first-order valence-corrected chi connectivity index (χ1v) is 9.86. The zero-order valence-electron chi connectivity index (χ0n) is 17.5. The Bertz CT molecular complexity index is 1380. The van der Waals surface area contributed by atoms with Gasteiger partial charge in [0.05, 0.1) is 19.2 Å². The third-order valence-electron chi connectivity index (χ3n) is 5.35. The third kappa shape index (κ3) is 3.62. The van der Waals surface area contributed by atoms with Gasteiger partial charge in [0.2, 0.25) is 11.4 Å². The van der Waals surface area contributed by atoms with Crippen LogP contribution in [0.2, 0.25) is 0 Å². The summed E-state index contributed by atoms with van der Waals surface area (Å²) in [6.45, 7) is 0. The number of ether oxygens (including phenoxy) is 1. The number of methoxy groups -OCH3 is 1. The fraction of sp³-hybridized carbons (Fsp3) is 0.182. The van der Waals surface area contributed by atoms with E-state index in [9.17, 15) is 32.3 Å². The minimum absolute atomic E-state index is 0.0483. The minimum Gasteiger partial charge on any atom is -0.497 e. The summed E-state index contributed by atoms with van der Waals surface area (Å²) in [7, 11) is 1.40. The van der Waals surface area contributed by atoms with Crippen LogP contribution in [-0.4, -0.2) is 34.7 Å². The van der Waals surface area contributed by atoms with Gasteiger partial charge in [-0.1, -0.05) is 30.3 Å². The topological polar surface area (TPSA) is 122 Å². The molecule has 0 spiro atoms. The lowest BCUT2D eigenvalue weighted by molar-refractivity contribution is -0.200. The van der Waals surface area contributed by atoms with Gasteiger partial charge in [0.15, 0.2) is 0 Å². The lowest BCUT2D eigenvalue weighted by Gasteiger charge is -2.30. The van der Waals surface area contributed by atoms with Gasteiger partial charge in [-0.25, -0.2) is 9.36 Å². The largest absolute Gasteiger partial charge is 0.497 e. The first-order valence-electron chi connectivity index (χ1n) is 9.86. The van der Waals surface area contributed by atoms with E-state index in [4.69, 9.17) is 4.74 Å². The van der Waals surface area contributed by atoms with Crippen molar-refractivity contribution in [3.8, 4) is 11.4 Å². The quantitative estimate of drug-likeness (QED) is 0.519. The predicted octanol–water partition coefficient (Wildman–Crippen LogP) is 1.60. The van der Waals surface area contributed by atoms with E-state index in [1.54, 1.807) is 23.5 Å². The molecule has 0 bridgehead atoms. The summed E-state index contributed by atoms with van der Waals surface area (Å²) in [4.78, 5) is 52.4. The number of carbonyl (C=O) groups is 2. The number of fused-ring (bicyclic) bond motifs is 1. The minimum atomic E-state index is -5.41. The molecular weight excluding hydrogens is 457 g/mol. The van der Waals surface area contributed by atoms with Crippen LogP contribution in [-0.2, 0) is 21.5 Å². The summed E-state index contributed by atoms with van der Waals surface area (Å²) in [5, 5.41) is 3.69. The van der Waals surface area contributed by atoms with Crippen LogP contribution in [0.25, 0.3) is 5.69 Å². The number of H-pyrrole nitrogens is 1. The molecule has 0 saturated carbocycles. The van der Waals surface area contributed by atoms with Gasteiger partial charge < -0.3 is 15.4 Å². The van der Waals surface area contributed by atoms with Crippen LogP contribution >= 0.6 is 0 Å². The molecule has 9 nitrogen and oxygen atoms in total. The van der Waals surface area contributed by atoms with Crippen molar-refractivity contribution in [1.29, 1.82) is 0 Å². The molecule has 1 atom stereocenters. The molecule has 3 aromatic rings. The molecule has 2 heterocycles. The summed E-state index contributed by atoms with van der Waals surface area (Å²) < 4.78 is 49.0. The van der Waals surface area contributed by atoms with E-state index >= 15 is 0 Å². The number of rotatable bonds is 5. The number of hydrogen-bond donors (Lipinski definition) is 3. The summed E-state index contributed by atoms with van der Waals surface area (Å²) in [5.74, 6) is -3.15. The molecule has 4 rings (SSSR count). The number of carbonyl (C=O) groups excluding carboxylic acids is 2. The SMILES string of the molecule is COc1ccc(-n2c3c(c(=O)[nH]c2=O)[C@](NC(=O)Cc2ccccc2)(C(F)(F)F)C(=O)N3)cc1. The van der Waals surface area contributed by atoms with Crippen molar-refractivity contribution in [3.63, 3.8) is 0 Å². The third-order valence-corrected chi connectivity index (χ3v) is 5.35. The molecule has 12 heteroatoms. The first-order chi connectivity index (χ1) is 16.1. The number of nitrogens with one attached hydrogen (secondary N) is 3. The molecule has 0 unspecified atom stereocenters. The van der Waals surface area contributed by atoms with Gasteiger partial charge in [-0.15, -0.1) is 0 Å². The number of nitrogens with zero attached hydrogens (tertiary/aromatic N) is 1. The van der Waals surface area contributed by atoms with Crippen molar-refractivity contribution < 1.29 is 27.5 Å². The number of aromatic nitrogens is 2. The number of alkyl halides is 3. The maximum Gasteiger partial charge on any atom is 0.425 e. The smallest absolute Gasteiger partial charge is 0.425 e. The molecule has 176 valence electrons.